The van der Waals surface area contributed by atoms with E-state index in [1.165, 1.54) is 18.2 Å². The average Bonchev–Trinajstić information content (AvgIpc) is 2.94. The minimum atomic E-state index is -0.141. The summed E-state index contributed by atoms with van der Waals surface area (Å²) in [5.41, 5.74) is 2.66. The number of hydrogen-bond acceptors (Lipinski definition) is 4. The zero-order chi connectivity index (χ0) is 14.4. The molecular weight excluding hydrogens is 254 g/mol. The molecule has 1 aliphatic rings. The molecule has 4 nitrogen and oxygen atoms in total. The molecule has 0 radical (unpaired) electrons. The van der Waals surface area contributed by atoms with Gasteiger partial charge in [-0.15, -0.1) is 0 Å². The van der Waals surface area contributed by atoms with Crippen LogP contribution in [0, 0.1) is 0 Å². The SMILES string of the molecule is CCN(CCC(=O)OC)CCc1ccc2c(c1)CCO2. The summed E-state index contributed by atoms with van der Waals surface area (Å²) in [6.07, 6.45) is 2.48. The quantitative estimate of drug-likeness (QED) is 0.715. The van der Waals surface area contributed by atoms with Gasteiger partial charge in [-0.3, -0.25) is 4.79 Å². The van der Waals surface area contributed by atoms with Crippen molar-refractivity contribution in [1.82, 2.24) is 4.90 Å². The number of esters is 1. The molecule has 0 amide bonds. The van der Waals surface area contributed by atoms with E-state index in [4.69, 9.17) is 4.74 Å². The van der Waals surface area contributed by atoms with Crippen molar-refractivity contribution in [3.63, 3.8) is 0 Å². The Hall–Kier alpha value is -1.55. The Morgan fingerprint density at radius 1 is 1.40 bits per heavy atom. The van der Waals surface area contributed by atoms with Crippen molar-refractivity contribution in [3.8, 4) is 5.75 Å². The number of rotatable bonds is 7. The third-order valence-corrected chi connectivity index (χ3v) is 3.78. The molecule has 0 unspecified atom stereocenters. The maximum absolute atomic E-state index is 11.2. The summed E-state index contributed by atoms with van der Waals surface area (Å²) in [6, 6.07) is 6.46. The Balaban J connectivity index is 1.82. The molecule has 0 aliphatic carbocycles. The van der Waals surface area contributed by atoms with Gasteiger partial charge in [0.1, 0.15) is 5.75 Å². The van der Waals surface area contributed by atoms with Crippen molar-refractivity contribution in [2.75, 3.05) is 33.4 Å². The normalized spacial score (nSPS) is 13.2. The number of likely N-dealkylation sites (N-methyl/N-ethyl adjacent to an activating group) is 1. The molecule has 0 saturated heterocycles. The molecule has 4 heteroatoms. The highest BCUT2D eigenvalue weighted by Crippen LogP contribution is 2.26. The molecule has 1 aromatic rings. The molecule has 0 saturated carbocycles. The van der Waals surface area contributed by atoms with E-state index in [1.807, 2.05) is 0 Å². The Morgan fingerprint density at radius 2 is 2.25 bits per heavy atom. The Kier molecular flexibility index (Phi) is 5.41. The standard InChI is InChI=1S/C16H23NO3/c1-3-17(10-7-16(18)19-2)9-6-13-4-5-15-14(12-13)8-11-20-15/h4-5,12H,3,6-11H2,1-2H3. The second-order valence-corrected chi connectivity index (χ2v) is 5.05. The van der Waals surface area contributed by atoms with Crippen LogP contribution in [0.3, 0.4) is 0 Å². The summed E-state index contributed by atoms with van der Waals surface area (Å²) < 4.78 is 10.2. The highest BCUT2D eigenvalue weighted by atomic mass is 16.5. The van der Waals surface area contributed by atoms with Crippen LogP contribution in [-0.2, 0) is 22.4 Å². The molecule has 0 bridgehead atoms. The third kappa shape index (κ3) is 3.97. The van der Waals surface area contributed by atoms with Gasteiger partial charge in [-0.05, 0) is 30.2 Å². The number of benzene rings is 1. The summed E-state index contributed by atoms with van der Waals surface area (Å²) in [5, 5.41) is 0. The van der Waals surface area contributed by atoms with Gasteiger partial charge < -0.3 is 14.4 Å². The molecule has 20 heavy (non-hydrogen) atoms. The first-order valence-electron chi connectivity index (χ1n) is 7.26. The zero-order valence-corrected chi connectivity index (χ0v) is 12.4. The van der Waals surface area contributed by atoms with Gasteiger partial charge in [-0.1, -0.05) is 19.1 Å². The minimum absolute atomic E-state index is 0.141. The Bertz CT molecular complexity index is 459. The molecule has 2 rings (SSSR count). The molecule has 1 heterocycles. The summed E-state index contributed by atoms with van der Waals surface area (Å²) in [5.74, 6) is 0.893. The van der Waals surface area contributed by atoms with Gasteiger partial charge in [-0.2, -0.15) is 0 Å². The fraction of sp³-hybridized carbons (Fsp3) is 0.562. The van der Waals surface area contributed by atoms with Crippen LogP contribution in [0.5, 0.6) is 5.75 Å². The van der Waals surface area contributed by atoms with Gasteiger partial charge in [0, 0.05) is 19.5 Å². The molecule has 0 N–H and O–H groups in total. The molecule has 110 valence electrons. The summed E-state index contributed by atoms with van der Waals surface area (Å²) >= 11 is 0. The van der Waals surface area contributed by atoms with Gasteiger partial charge in [0.2, 0.25) is 0 Å². The van der Waals surface area contributed by atoms with Crippen LogP contribution in [0.2, 0.25) is 0 Å². The van der Waals surface area contributed by atoms with Crippen LogP contribution >= 0.6 is 0 Å². The predicted molar refractivity (Wildman–Crippen MR) is 78.1 cm³/mol. The lowest BCUT2D eigenvalue weighted by molar-refractivity contribution is -0.140. The first kappa shape index (κ1) is 14.9. The van der Waals surface area contributed by atoms with E-state index in [0.29, 0.717) is 6.42 Å². The average molecular weight is 277 g/mol. The van der Waals surface area contributed by atoms with Crippen LogP contribution in [0.25, 0.3) is 0 Å². The minimum Gasteiger partial charge on any atom is -0.493 e. The largest absolute Gasteiger partial charge is 0.493 e. The third-order valence-electron chi connectivity index (χ3n) is 3.78. The second-order valence-electron chi connectivity index (χ2n) is 5.05. The van der Waals surface area contributed by atoms with Crippen molar-refractivity contribution in [1.29, 1.82) is 0 Å². The number of carbonyl (C=O) groups is 1. The van der Waals surface area contributed by atoms with Crippen LogP contribution in [0.15, 0.2) is 18.2 Å². The fourth-order valence-electron chi connectivity index (χ4n) is 2.46. The zero-order valence-electron chi connectivity index (χ0n) is 12.4. The van der Waals surface area contributed by atoms with Gasteiger partial charge in [-0.25, -0.2) is 0 Å². The van der Waals surface area contributed by atoms with Crippen LogP contribution in [-0.4, -0.2) is 44.2 Å². The monoisotopic (exact) mass is 277 g/mol. The molecular formula is C16H23NO3. The first-order chi connectivity index (χ1) is 9.72. The van der Waals surface area contributed by atoms with Crippen molar-refractivity contribution in [3.05, 3.63) is 29.3 Å². The van der Waals surface area contributed by atoms with E-state index in [0.717, 1.165) is 44.8 Å². The van der Waals surface area contributed by atoms with Gasteiger partial charge in [0.25, 0.3) is 0 Å². The lowest BCUT2D eigenvalue weighted by Gasteiger charge is -2.19. The Morgan fingerprint density at radius 3 is 3.00 bits per heavy atom. The molecule has 0 spiro atoms. The van der Waals surface area contributed by atoms with E-state index >= 15 is 0 Å². The highest BCUT2D eigenvalue weighted by molar-refractivity contribution is 5.69. The summed E-state index contributed by atoms with van der Waals surface area (Å²) in [7, 11) is 1.44. The topological polar surface area (TPSA) is 38.8 Å². The van der Waals surface area contributed by atoms with Crippen molar-refractivity contribution in [2.45, 2.75) is 26.2 Å². The van der Waals surface area contributed by atoms with Gasteiger partial charge >= 0.3 is 5.97 Å². The predicted octanol–water partition coefficient (Wildman–Crippen LogP) is 2.05. The van der Waals surface area contributed by atoms with E-state index < -0.39 is 0 Å². The molecule has 0 fully saturated rings. The molecule has 1 aliphatic heterocycles. The molecule has 0 atom stereocenters. The maximum Gasteiger partial charge on any atom is 0.306 e. The second kappa shape index (κ2) is 7.29. The van der Waals surface area contributed by atoms with Crippen molar-refractivity contribution < 1.29 is 14.3 Å². The molecule has 1 aromatic carbocycles. The first-order valence-corrected chi connectivity index (χ1v) is 7.26. The summed E-state index contributed by atoms with van der Waals surface area (Å²) in [6.45, 7) is 5.60. The lowest BCUT2D eigenvalue weighted by Crippen LogP contribution is -2.28. The molecule has 0 aromatic heterocycles. The van der Waals surface area contributed by atoms with Gasteiger partial charge in [0.15, 0.2) is 0 Å². The van der Waals surface area contributed by atoms with Crippen LogP contribution in [0.4, 0.5) is 0 Å². The highest BCUT2D eigenvalue weighted by Gasteiger charge is 2.12. The van der Waals surface area contributed by atoms with Crippen LogP contribution < -0.4 is 4.74 Å². The van der Waals surface area contributed by atoms with E-state index in [2.05, 4.69) is 34.8 Å². The number of hydrogen-bond donors (Lipinski definition) is 0. The smallest absolute Gasteiger partial charge is 0.306 e. The van der Waals surface area contributed by atoms with E-state index in [1.54, 1.807) is 0 Å². The van der Waals surface area contributed by atoms with E-state index in [-0.39, 0.29) is 5.97 Å². The lowest BCUT2D eigenvalue weighted by atomic mass is 10.1. The number of ether oxygens (including phenoxy) is 2. The van der Waals surface area contributed by atoms with E-state index in [9.17, 15) is 4.79 Å². The maximum atomic E-state index is 11.2. The fourth-order valence-corrected chi connectivity index (χ4v) is 2.46. The van der Waals surface area contributed by atoms with Gasteiger partial charge in [0.05, 0.1) is 20.1 Å². The number of methoxy groups -OCH3 is 1. The Labute approximate surface area is 120 Å². The number of fused-ring (bicyclic) bond motifs is 1. The number of carbonyl (C=O) groups excluding carboxylic acids is 1. The number of nitrogens with zero attached hydrogens (tertiary/aromatic N) is 1. The van der Waals surface area contributed by atoms with Crippen LogP contribution in [0.1, 0.15) is 24.5 Å². The summed E-state index contributed by atoms with van der Waals surface area (Å²) in [4.78, 5) is 13.4. The van der Waals surface area contributed by atoms with Crippen molar-refractivity contribution in [2.24, 2.45) is 0 Å². The van der Waals surface area contributed by atoms with Crippen molar-refractivity contribution >= 4 is 5.97 Å².